The molecule has 3 aromatic rings. The fourth-order valence-corrected chi connectivity index (χ4v) is 3.65. The number of carboxylic acids is 1. The normalized spacial score (nSPS) is 11.1. The van der Waals surface area contributed by atoms with Crippen LogP contribution in [0.3, 0.4) is 0 Å². The van der Waals surface area contributed by atoms with E-state index < -0.39 is 5.97 Å². The molecule has 0 amide bonds. The molecule has 0 aliphatic carbocycles. The van der Waals surface area contributed by atoms with Crippen LogP contribution in [-0.4, -0.2) is 16.2 Å². The van der Waals surface area contributed by atoms with Crippen molar-refractivity contribution in [3.63, 3.8) is 0 Å². The van der Waals surface area contributed by atoms with Crippen LogP contribution < -0.4 is 4.74 Å². The van der Waals surface area contributed by atoms with Gasteiger partial charge >= 0.3 is 5.97 Å². The minimum absolute atomic E-state index is 0.185. The third kappa shape index (κ3) is 5.09. The second-order valence-corrected chi connectivity index (χ2v) is 7.98. The average molecular weight is 408 g/mol. The Kier molecular flexibility index (Phi) is 6.93. The molecule has 1 N–H and O–H groups in total. The second-order valence-electron chi connectivity index (χ2n) is 7.98. The third-order valence-electron chi connectivity index (χ3n) is 5.22. The highest BCUT2D eigenvalue weighted by Gasteiger charge is 2.22. The Labute approximate surface area is 177 Å². The number of hydrogen-bond acceptors (Lipinski definition) is 4. The fourth-order valence-electron chi connectivity index (χ4n) is 3.65. The van der Waals surface area contributed by atoms with Gasteiger partial charge in [0.2, 0.25) is 0 Å². The Bertz CT molecular complexity index is 982. The van der Waals surface area contributed by atoms with E-state index in [-0.39, 0.29) is 12.3 Å². The van der Waals surface area contributed by atoms with Crippen LogP contribution >= 0.6 is 0 Å². The van der Waals surface area contributed by atoms with Crippen molar-refractivity contribution in [1.82, 2.24) is 5.16 Å². The summed E-state index contributed by atoms with van der Waals surface area (Å²) in [4.78, 5) is 10.7. The minimum atomic E-state index is -0.760. The van der Waals surface area contributed by atoms with Gasteiger partial charge in [0.05, 0.1) is 5.56 Å². The van der Waals surface area contributed by atoms with Gasteiger partial charge in [0, 0.05) is 17.9 Å². The molecule has 30 heavy (non-hydrogen) atoms. The van der Waals surface area contributed by atoms with Crippen LogP contribution in [0, 0.1) is 13.8 Å². The van der Waals surface area contributed by atoms with E-state index in [9.17, 15) is 4.79 Å². The smallest absolute Gasteiger partial charge is 0.303 e. The Morgan fingerprint density at radius 1 is 1.10 bits per heavy atom. The molecule has 0 bridgehead atoms. The first-order valence-electron chi connectivity index (χ1n) is 10.4. The van der Waals surface area contributed by atoms with Crippen LogP contribution in [0.25, 0.3) is 11.3 Å². The number of nitrogens with zero attached hydrogens (tertiary/aromatic N) is 1. The van der Waals surface area contributed by atoms with Crippen LogP contribution in [-0.2, 0) is 17.8 Å². The maximum Gasteiger partial charge on any atom is 0.303 e. The largest absolute Gasteiger partial charge is 0.489 e. The highest BCUT2D eigenvalue weighted by Crippen LogP contribution is 2.34. The zero-order valence-electron chi connectivity index (χ0n) is 18.1. The molecule has 1 aromatic heterocycles. The van der Waals surface area contributed by atoms with Gasteiger partial charge in [-0.15, -0.1) is 0 Å². The molecular weight excluding hydrogens is 378 g/mol. The summed E-state index contributed by atoms with van der Waals surface area (Å²) in [7, 11) is 0. The van der Waals surface area contributed by atoms with Crippen molar-refractivity contribution in [2.75, 3.05) is 0 Å². The molecule has 158 valence electrons. The van der Waals surface area contributed by atoms with Crippen molar-refractivity contribution < 1.29 is 19.2 Å². The second kappa shape index (κ2) is 9.61. The number of rotatable bonds is 9. The number of carboxylic acid groups (broad SMARTS) is 1. The summed E-state index contributed by atoms with van der Waals surface area (Å²) >= 11 is 0. The molecule has 3 rings (SSSR count). The lowest BCUT2D eigenvalue weighted by molar-refractivity contribution is -0.137. The van der Waals surface area contributed by atoms with Crippen LogP contribution in [0.2, 0.25) is 0 Å². The summed E-state index contributed by atoms with van der Waals surface area (Å²) in [6.07, 6.45) is 1.56. The summed E-state index contributed by atoms with van der Waals surface area (Å²) in [5, 5.41) is 13.2. The molecule has 5 heteroatoms. The Morgan fingerprint density at radius 2 is 1.77 bits per heavy atom. The summed E-state index contributed by atoms with van der Waals surface area (Å²) in [5.41, 5.74) is 6.34. The number of ether oxygens (including phenoxy) is 1. The van der Waals surface area contributed by atoms with Gasteiger partial charge in [-0.05, 0) is 55.5 Å². The van der Waals surface area contributed by atoms with E-state index in [2.05, 4.69) is 45.0 Å². The van der Waals surface area contributed by atoms with Gasteiger partial charge < -0.3 is 14.4 Å². The van der Waals surface area contributed by atoms with E-state index in [0.717, 1.165) is 51.4 Å². The highest BCUT2D eigenvalue weighted by molar-refractivity contribution is 5.70. The lowest BCUT2D eigenvalue weighted by Crippen LogP contribution is -2.02. The van der Waals surface area contributed by atoms with E-state index in [0.29, 0.717) is 13.0 Å². The summed E-state index contributed by atoms with van der Waals surface area (Å²) in [6, 6.07) is 14.0. The molecular formula is C25H29NO4. The van der Waals surface area contributed by atoms with Gasteiger partial charge in [0.25, 0.3) is 0 Å². The molecule has 0 unspecified atom stereocenters. The monoisotopic (exact) mass is 407 g/mol. The van der Waals surface area contributed by atoms with E-state index in [1.54, 1.807) is 0 Å². The van der Waals surface area contributed by atoms with E-state index >= 15 is 0 Å². The molecule has 2 aromatic carbocycles. The van der Waals surface area contributed by atoms with E-state index in [1.165, 1.54) is 0 Å². The average Bonchev–Trinajstić information content (AvgIpc) is 3.11. The van der Waals surface area contributed by atoms with Crippen molar-refractivity contribution in [3.8, 4) is 17.0 Å². The number of aromatic nitrogens is 1. The maximum atomic E-state index is 10.7. The Morgan fingerprint density at radius 3 is 2.37 bits per heavy atom. The van der Waals surface area contributed by atoms with Crippen molar-refractivity contribution in [3.05, 3.63) is 70.5 Å². The van der Waals surface area contributed by atoms with Gasteiger partial charge in [-0.2, -0.15) is 0 Å². The van der Waals surface area contributed by atoms with Crippen molar-refractivity contribution in [2.24, 2.45) is 0 Å². The van der Waals surface area contributed by atoms with Crippen molar-refractivity contribution in [1.29, 1.82) is 0 Å². The standard InChI is InChI=1S/C25H29NO4/c1-16(2)25-21(24(26-30-25)23-17(3)7-5-8-18(23)4)15-29-20-13-11-19(12-14-20)9-6-10-22(27)28/h5,7-8,11-14,16H,6,9-10,15H2,1-4H3,(H,27,28). The molecule has 0 radical (unpaired) electrons. The van der Waals surface area contributed by atoms with Crippen LogP contribution in [0.4, 0.5) is 0 Å². The lowest BCUT2D eigenvalue weighted by atomic mass is 9.95. The number of aryl methyl sites for hydroxylation is 3. The lowest BCUT2D eigenvalue weighted by Gasteiger charge is -2.12. The highest BCUT2D eigenvalue weighted by atomic mass is 16.5. The number of hydrogen-bond donors (Lipinski definition) is 1. The van der Waals surface area contributed by atoms with Gasteiger partial charge in [-0.3, -0.25) is 4.79 Å². The first-order chi connectivity index (χ1) is 14.4. The van der Waals surface area contributed by atoms with E-state index in [1.807, 2.05) is 30.3 Å². The molecule has 0 fully saturated rings. The number of carbonyl (C=O) groups is 1. The summed E-state index contributed by atoms with van der Waals surface area (Å²) in [6.45, 7) is 8.72. The maximum absolute atomic E-state index is 10.7. The molecule has 0 aliphatic heterocycles. The van der Waals surface area contributed by atoms with Crippen molar-refractivity contribution >= 4 is 5.97 Å². The Balaban J connectivity index is 1.78. The molecule has 0 saturated heterocycles. The first kappa shape index (κ1) is 21.6. The van der Waals surface area contributed by atoms with Crippen LogP contribution in [0.1, 0.15) is 60.6 Å². The fraction of sp³-hybridized carbons (Fsp3) is 0.360. The Hall–Kier alpha value is -3.08. The third-order valence-corrected chi connectivity index (χ3v) is 5.22. The molecule has 0 spiro atoms. The van der Waals surface area contributed by atoms with Gasteiger partial charge in [0.15, 0.2) is 0 Å². The topological polar surface area (TPSA) is 72.6 Å². The molecule has 1 heterocycles. The van der Waals surface area contributed by atoms with Gasteiger partial charge in [-0.1, -0.05) is 49.3 Å². The van der Waals surface area contributed by atoms with Gasteiger partial charge in [-0.25, -0.2) is 0 Å². The zero-order chi connectivity index (χ0) is 21.7. The summed E-state index contributed by atoms with van der Waals surface area (Å²) < 4.78 is 11.8. The summed E-state index contributed by atoms with van der Waals surface area (Å²) in [5.74, 6) is 1.05. The van der Waals surface area contributed by atoms with Crippen molar-refractivity contribution in [2.45, 2.75) is 59.5 Å². The number of aliphatic carboxylic acids is 1. The quantitative estimate of drug-likeness (QED) is 0.466. The zero-order valence-corrected chi connectivity index (χ0v) is 18.1. The SMILES string of the molecule is Cc1cccc(C)c1-c1noc(C(C)C)c1COc1ccc(CCCC(=O)O)cc1. The van der Waals surface area contributed by atoms with E-state index in [4.69, 9.17) is 14.4 Å². The van der Waals surface area contributed by atoms with Gasteiger partial charge in [0.1, 0.15) is 23.8 Å². The predicted molar refractivity (Wildman–Crippen MR) is 117 cm³/mol. The van der Waals surface area contributed by atoms with Crippen LogP contribution in [0.15, 0.2) is 47.0 Å². The minimum Gasteiger partial charge on any atom is -0.489 e. The molecule has 0 atom stereocenters. The molecule has 0 aliphatic rings. The molecule has 0 saturated carbocycles. The number of benzene rings is 2. The molecule has 5 nitrogen and oxygen atoms in total. The first-order valence-corrected chi connectivity index (χ1v) is 10.4. The van der Waals surface area contributed by atoms with Crippen LogP contribution in [0.5, 0.6) is 5.75 Å². The predicted octanol–water partition coefficient (Wildman–Crippen LogP) is 6.07.